The number of hydrogen-bond acceptors (Lipinski definition) is 2. The zero-order valence-corrected chi connectivity index (χ0v) is 13.5. The van der Waals surface area contributed by atoms with Crippen molar-refractivity contribution in [1.82, 2.24) is 0 Å². The van der Waals surface area contributed by atoms with Crippen molar-refractivity contribution in [2.24, 2.45) is 10.8 Å². The first-order valence-corrected chi connectivity index (χ1v) is 7.09. The van der Waals surface area contributed by atoms with Gasteiger partial charge in [0.05, 0.1) is 0 Å². The number of allylic oxidation sites excluding steroid dienone is 2. The highest BCUT2D eigenvalue weighted by Gasteiger charge is 2.56. The Morgan fingerprint density at radius 1 is 0.857 bits per heavy atom. The predicted molar refractivity (Wildman–Crippen MR) is 81.4 cm³/mol. The Balaban J connectivity index is 5.03. The minimum Gasteiger partial charge on any atom is -0.295 e. The molecule has 0 unspecified atom stereocenters. The highest BCUT2D eigenvalue weighted by Crippen LogP contribution is 2.52. The van der Waals surface area contributed by atoms with Crippen molar-refractivity contribution in [3.8, 4) is 0 Å². The van der Waals surface area contributed by atoms with E-state index in [9.17, 15) is 18.4 Å². The summed E-state index contributed by atoms with van der Waals surface area (Å²) in [6.07, 6.45) is 2.55. The Morgan fingerprint density at radius 3 is 1.38 bits per heavy atom. The Hall–Kier alpha value is -1.32. The highest BCUT2D eigenvalue weighted by atomic mass is 19.3. The van der Waals surface area contributed by atoms with Gasteiger partial charge in [-0.05, 0) is 25.0 Å². The van der Waals surface area contributed by atoms with Crippen LogP contribution in [0.5, 0.6) is 0 Å². The standard InChI is InChI=1S/C17H26F2O2/c1-7-13(20)9-11-15(3,4)17(18,19)16(5,6)12-10-14(21)8-2/h7-8H,1-2,9-12H2,3-6H3. The molecule has 0 saturated heterocycles. The molecule has 0 radical (unpaired) electrons. The van der Waals surface area contributed by atoms with Crippen molar-refractivity contribution in [2.45, 2.75) is 59.3 Å². The van der Waals surface area contributed by atoms with E-state index >= 15 is 0 Å². The molecule has 0 aliphatic carbocycles. The average molecular weight is 300 g/mol. The molecular weight excluding hydrogens is 274 g/mol. The maximum Gasteiger partial charge on any atom is 0.258 e. The van der Waals surface area contributed by atoms with Crippen molar-refractivity contribution in [2.75, 3.05) is 0 Å². The molecule has 0 aliphatic rings. The van der Waals surface area contributed by atoms with Crippen LogP contribution in [0.25, 0.3) is 0 Å². The quantitative estimate of drug-likeness (QED) is 0.546. The number of alkyl halides is 2. The molecule has 0 aromatic carbocycles. The van der Waals surface area contributed by atoms with Gasteiger partial charge in [-0.1, -0.05) is 40.9 Å². The largest absolute Gasteiger partial charge is 0.295 e. The average Bonchev–Trinajstić information content (AvgIpc) is 2.41. The number of carbonyl (C=O) groups is 2. The summed E-state index contributed by atoms with van der Waals surface area (Å²) in [4.78, 5) is 22.5. The molecule has 0 rings (SSSR count). The Morgan fingerprint density at radius 2 is 1.14 bits per heavy atom. The van der Waals surface area contributed by atoms with Crippen molar-refractivity contribution in [3.63, 3.8) is 0 Å². The summed E-state index contributed by atoms with van der Waals surface area (Å²) < 4.78 is 29.6. The van der Waals surface area contributed by atoms with E-state index in [-0.39, 0.29) is 37.2 Å². The fraction of sp³-hybridized carbons (Fsp3) is 0.647. The van der Waals surface area contributed by atoms with Crippen molar-refractivity contribution >= 4 is 11.6 Å². The molecule has 2 nitrogen and oxygen atoms in total. The van der Waals surface area contributed by atoms with Gasteiger partial charge in [-0.2, -0.15) is 0 Å². The second-order valence-electron chi connectivity index (χ2n) is 6.68. The third-order valence-corrected chi connectivity index (χ3v) is 4.15. The molecule has 0 fully saturated rings. The summed E-state index contributed by atoms with van der Waals surface area (Å²) in [5.74, 6) is -3.49. The molecule has 0 atom stereocenters. The maximum absolute atomic E-state index is 14.8. The van der Waals surface area contributed by atoms with Crippen LogP contribution < -0.4 is 0 Å². The molecule has 0 spiro atoms. The van der Waals surface area contributed by atoms with Gasteiger partial charge in [0.15, 0.2) is 11.6 Å². The maximum atomic E-state index is 14.8. The monoisotopic (exact) mass is 300 g/mol. The molecule has 4 heteroatoms. The molecule has 0 aliphatic heterocycles. The van der Waals surface area contributed by atoms with Crippen LogP contribution in [0.15, 0.2) is 25.3 Å². The molecule has 0 amide bonds. The fourth-order valence-corrected chi connectivity index (χ4v) is 2.31. The van der Waals surface area contributed by atoms with E-state index in [1.165, 1.54) is 27.7 Å². The summed E-state index contributed by atoms with van der Waals surface area (Å²) in [5.41, 5.74) is -2.68. The molecule has 0 heterocycles. The Bertz CT molecular complexity index is 383. The van der Waals surface area contributed by atoms with Crippen LogP contribution in [0.1, 0.15) is 53.4 Å². The lowest BCUT2D eigenvalue weighted by Gasteiger charge is -2.44. The summed E-state index contributed by atoms with van der Waals surface area (Å²) in [5, 5.41) is 0. The molecule has 0 aromatic rings. The van der Waals surface area contributed by atoms with Crippen molar-refractivity contribution < 1.29 is 18.4 Å². The number of halogens is 2. The zero-order chi connectivity index (χ0) is 16.9. The predicted octanol–water partition coefficient (Wildman–Crippen LogP) is 4.74. The van der Waals surface area contributed by atoms with Crippen LogP contribution in [0, 0.1) is 10.8 Å². The van der Waals surface area contributed by atoms with Gasteiger partial charge < -0.3 is 0 Å². The van der Waals surface area contributed by atoms with Gasteiger partial charge in [0.2, 0.25) is 0 Å². The van der Waals surface area contributed by atoms with E-state index in [0.29, 0.717) is 0 Å². The molecule has 21 heavy (non-hydrogen) atoms. The van der Waals surface area contributed by atoms with E-state index in [0.717, 1.165) is 12.2 Å². The highest BCUT2D eigenvalue weighted by molar-refractivity contribution is 5.89. The number of carbonyl (C=O) groups excluding carboxylic acids is 2. The van der Waals surface area contributed by atoms with Gasteiger partial charge in [0.25, 0.3) is 5.92 Å². The van der Waals surface area contributed by atoms with Crippen LogP contribution in [-0.4, -0.2) is 17.5 Å². The van der Waals surface area contributed by atoms with E-state index in [4.69, 9.17) is 0 Å². The molecule has 0 bridgehead atoms. The first kappa shape index (κ1) is 19.7. The van der Waals surface area contributed by atoms with Crippen LogP contribution in [0.4, 0.5) is 8.78 Å². The SMILES string of the molecule is C=CC(=O)CCC(C)(C)C(F)(F)C(C)(C)CCC(=O)C=C. The second kappa shape index (κ2) is 7.10. The molecular formula is C17H26F2O2. The van der Waals surface area contributed by atoms with Crippen molar-refractivity contribution in [3.05, 3.63) is 25.3 Å². The summed E-state index contributed by atoms with van der Waals surface area (Å²) in [6, 6.07) is 0. The first-order chi connectivity index (χ1) is 9.41. The van der Waals surface area contributed by atoms with Crippen LogP contribution in [-0.2, 0) is 9.59 Å². The first-order valence-electron chi connectivity index (χ1n) is 7.09. The van der Waals surface area contributed by atoms with Gasteiger partial charge in [-0.25, -0.2) is 8.78 Å². The third-order valence-electron chi connectivity index (χ3n) is 4.15. The smallest absolute Gasteiger partial charge is 0.258 e. The van der Waals surface area contributed by atoms with Crippen LogP contribution >= 0.6 is 0 Å². The lowest BCUT2D eigenvalue weighted by molar-refractivity contribution is -0.192. The third kappa shape index (κ3) is 4.87. The minimum absolute atomic E-state index is 0.0494. The van der Waals surface area contributed by atoms with Crippen LogP contribution in [0.2, 0.25) is 0 Å². The van der Waals surface area contributed by atoms with E-state index in [1.54, 1.807) is 0 Å². The normalized spacial score (nSPS) is 12.9. The Kier molecular flexibility index (Phi) is 6.65. The molecule has 0 saturated carbocycles. The topological polar surface area (TPSA) is 34.1 Å². The summed E-state index contributed by atoms with van der Waals surface area (Å²) in [7, 11) is 0. The van der Waals surface area contributed by atoms with E-state index in [2.05, 4.69) is 13.2 Å². The van der Waals surface area contributed by atoms with Crippen molar-refractivity contribution in [1.29, 1.82) is 0 Å². The summed E-state index contributed by atoms with van der Waals surface area (Å²) >= 11 is 0. The van der Waals surface area contributed by atoms with E-state index in [1.807, 2.05) is 0 Å². The minimum atomic E-state index is -3.01. The number of hydrogen-bond donors (Lipinski definition) is 0. The van der Waals surface area contributed by atoms with Gasteiger partial charge in [0, 0.05) is 23.7 Å². The number of ketones is 2. The second-order valence-corrected chi connectivity index (χ2v) is 6.68. The van der Waals surface area contributed by atoms with Gasteiger partial charge in [0.1, 0.15) is 0 Å². The van der Waals surface area contributed by atoms with Gasteiger partial charge in [-0.3, -0.25) is 9.59 Å². The lowest BCUT2D eigenvalue weighted by atomic mass is 9.66. The fourth-order valence-electron chi connectivity index (χ4n) is 2.31. The Labute approximate surface area is 126 Å². The summed E-state index contributed by atoms with van der Waals surface area (Å²) in [6.45, 7) is 12.5. The molecule has 0 N–H and O–H groups in total. The molecule has 120 valence electrons. The van der Waals surface area contributed by atoms with Crippen LogP contribution in [0.3, 0.4) is 0 Å². The molecule has 0 aromatic heterocycles. The zero-order valence-electron chi connectivity index (χ0n) is 13.5. The van der Waals surface area contributed by atoms with Gasteiger partial charge in [-0.15, -0.1) is 0 Å². The lowest BCUT2D eigenvalue weighted by Crippen LogP contribution is -2.48. The number of rotatable bonds is 10. The van der Waals surface area contributed by atoms with Gasteiger partial charge >= 0.3 is 0 Å². The van der Waals surface area contributed by atoms with E-state index < -0.39 is 16.8 Å².